The van der Waals surface area contributed by atoms with Crippen LogP contribution in [0.25, 0.3) is 0 Å². The van der Waals surface area contributed by atoms with Crippen molar-refractivity contribution < 1.29 is 0 Å². The molecule has 0 aliphatic heterocycles. The smallest absolute Gasteiger partial charge is 0.000770 e. The molecule has 12 heavy (non-hydrogen) atoms. The molecule has 0 amide bonds. The second-order valence-corrected chi connectivity index (χ2v) is 4.00. The van der Waals surface area contributed by atoms with E-state index in [0.717, 1.165) is 5.92 Å². The van der Waals surface area contributed by atoms with E-state index in [-0.39, 0.29) is 0 Å². The number of hydrogen-bond acceptors (Lipinski definition) is 0. The fourth-order valence-electron chi connectivity index (χ4n) is 2.44. The van der Waals surface area contributed by atoms with Crippen molar-refractivity contribution in [2.45, 2.75) is 26.2 Å². The molecule has 0 aromatic carbocycles. The molecule has 2 unspecified atom stereocenters. The van der Waals surface area contributed by atoms with Gasteiger partial charge in [0.1, 0.15) is 0 Å². The van der Waals surface area contributed by atoms with E-state index in [1.807, 2.05) is 0 Å². The Balaban J connectivity index is 2.25. The first-order valence-electron chi connectivity index (χ1n) is 4.81. The van der Waals surface area contributed by atoms with Gasteiger partial charge in [0.25, 0.3) is 0 Å². The van der Waals surface area contributed by atoms with E-state index in [2.05, 4.69) is 31.7 Å². The highest BCUT2D eigenvalue weighted by Gasteiger charge is 2.30. The molecular weight excluding hydrogens is 144 g/mol. The lowest BCUT2D eigenvalue weighted by molar-refractivity contribution is 0.632. The molecule has 2 atom stereocenters. The lowest BCUT2D eigenvalue weighted by atomic mass is 9.88. The topological polar surface area (TPSA) is 0 Å². The Hall–Kier alpha value is -0.780. The minimum atomic E-state index is 0.694. The zero-order valence-corrected chi connectivity index (χ0v) is 7.72. The third kappa shape index (κ3) is 1.16. The average molecular weight is 160 g/mol. The first kappa shape index (κ1) is 7.85. The van der Waals surface area contributed by atoms with Gasteiger partial charge >= 0.3 is 0 Å². The minimum absolute atomic E-state index is 0.694. The summed E-state index contributed by atoms with van der Waals surface area (Å²) >= 11 is 0. The summed E-state index contributed by atoms with van der Waals surface area (Å²) in [5.41, 5.74) is 2.99. The maximum Gasteiger partial charge on any atom is 0.000770 e. The molecule has 0 N–H and O–H groups in total. The van der Waals surface area contributed by atoms with Gasteiger partial charge in [-0.3, -0.25) is 0 Å². The third-order valence-electron chi connectivity index (χ3n) is 3.12. The van der Waals surface area contributed by atoms with E-state index in [1.54, 1.807) is 5.57 Å². The predicted molar refractivity (Wildman–Crippen MR) is 52.9 cm³/mol. The Labute approximate surface area is 74.7 Å². The Bertz CT molecular complexity index is 255. The summed E-state index contributed by atoms with van der Waals surface area (Å²) in [6.45, 7) is 6.22. The number of fused-ring (bicyclic) bond motifs is 1. The van der Waals surface area contributed by atoms with Crippen LogP contribution in [0.15, 0.2) is 36.0 Å². The molecule has 0 saturated heterocycles. The van der Waals surface area contributed by atoms with Gasteiger partial charge in [0.05, 0.1) is 0 Å². The second-order valence-electron chi connectivity index (χ2n) is 4.00. The van der Waals surface area contributed by atoms with E-state index in [9.17, 15) is 0 Å². The molecule has 0 radical (unpaired) electrons. The van der Waals surface area contributed by atoms with Crippen molar-refractivity contribution >= 4 is 0 Å². The van der Waals surface area contributed by atoms with E-state index in [4.69, 9.17) is 0 Å². The summed E-state index contributed by atoms with van der Waals surface area (Å²) in [5, 5.41) is 0. The molecular formula is C12H16. The summed E-state index contributed by atoms with van der Waals surface area (Å²) in [7, 11) is 0. The summed E-state index contributed by atoms with van der Waals surface area (Å²) in [5.74, 6) is 1.54. The molecule has 0 bridgehead atoms. The average Bonchev–Trinajstić information content (AvgIpc) is 2.47. The Kier molecular flexibility index (Phi) is 1.92. The summed E-state index contributed by atoms with van der Waals surface area (Å²) < 4.78 is 0. The van der Waals surface area contributed by atoms with E-state index < -0.39 is 0 Å². The highest BCUT2D eigenvalue weighted by molar-refractivity contribution is 5.31. The largest absolute Gasteiger partial charge is 0.0995 e. The maximum atomic E-state index is 4.06. The standard InChI is InChI=1S/C12H16/c1-9(2)11-8-7-10-5-3-4-6-12(10)11/h3-4,6,10-11H,1,5,7-8H2,2H3. The molecule has 0 heterocycles. The molecule has 0 aromatic heterocycles. The van der Waals surface area contributed by atoms with Gasteiger partial charge in [0.15, 0.2) is 0 Å². The van der Waals surface area contributed by atoms with Crippen LogP contribution in [0.3, 0.4) is 0 Å². The molecule has 2 aliphatic carbocycles. The number of allylic oxidation sites excluding steroid dienone is 5. The molecule has 2 rings (SSSR count). The van der Waals surface area contributed by atoms with Gasteiger partial charge in [-0.05, 0) is 32.1 Å². The van der Waals surface area contributed by atoms with Crippen LogP contribution in [-0.4, -0.2) is 0 Å². The monoisotopic (exact) mass is 160 g/mol. The van der Waals surface area contributed by atoms with Crippen molar-refractivity contribution in [3.63, 3.8) is 0 Å². The van der Waals surface area contributed by atoms with Crippen molar-refractivity contribution in [3.8, 4) is 0 Å². The van der Waals surface area contributed by atoms with Crippen LogP contribution in [0.5, 0.6) is 0 Å². The van der Waals surface area contributed by atoms with Gasteiger partial charge in [-0.25, -0.2) is 0 Å². The van der Waals surface area contributed by atoms with E-state index in [1.165, 1.54) is 24.8 Å². The lowest BCUT2D eigenvalue weighted by Crippen LogP contribution is -2.04. The van der Waals surface area contributed by atoms with Crippen molar-refractivity contribution in [2.24, 2.45) is 11.8 Å². The van der Waals surface area contributed by atoms with Crippen LogP contribution < -0.4 is 0 Å². The zero-order chi connectivity index (χ0) is 8.55. The summed E-state index contributed by atoms with van der Waals surface area (Å²) in [4.78, 5) is 0. The zero-order valence-electron chi connectivity index (χ0n) is 7.72. The van der Waals surface area contributed by atoms with Crippen molar-refractivity contribution in [2.75, 3.05) is 0 Å². The van der Waals surface area contributed by atoms with E-state index in [0.29, 0.717) is 5.92 Å². The van der Waals surface area contributed by atoms with E-state index >= 15 is 0 Å². The molecule has 0 aromatic rings. The van der Waals surface area contributed by atoms with Crippen LogP contribution in [0.1, 0.15) is 26.2 Å². The summed E-state index contributed by atoms with van der Waals surface area (Å²) in [6.07, 6.45) is 10.7. The first-order chi connectivity index (χ1) is 5.79. The highest BCUT2D eigenvalue weighted by Crippen LogP contribution is 2.43. The van der Waals surface area contributed by atoms with Crippen molar-refractivity contribution in [3.05, 3.63) is 36.0 Å². The van der Waals surface area contributed by atoms with Gasteiger partial charge < -0.3 is 0 Å². The molecule has 2 aliphatic rings. The lowest BCUT2D eigenvalue weighted by Gasteiger charge is -2.17. The van der Waals surface area contributed by atoms with Gasteiger partial charge in [-0.1, -0.05) is 36.0 Å². The van der Waals surface area contributed by atoms with Gasteiger partial charge in [0, 0.05) is 5.92 Å². The van der Waals surface area contributed by atoms with Crippen LogP contribution in [0.4, 0.5) is 0 Å². The third-order valence-corrected chi connectivity index (χ3v) is 3.12. The molecule has 64 valence electrons. The quantitative estimate of drug-likeness (QED) is 0.515. The second kappa shape index (κ2) is 2.93. The van der Waals surface area contributed by atoms with Crippen LogP contribution in [-0.2, 0) is 0 Å². The van der Waals surface area contributed by atoms with Crippen molar-refractivity contribution in [1.29, 1.82) is 0 Å². The Morgan fingerprint density at radius 3 is 3.08 bits per heavy atom. The van der Waals surface area contributed by atoms with Crippen LogP contribution in [0.2, 0.25) is 0 Å². The van der Waals surface area contributed by atoms with Crippen LogP contribution >= 0.6 is 0 Å². The SMILES string of the molecule is C=C(C)C1CCC2CC=CC=C21. The number of rotatable bonds is 1. The van der Waals surface area contributed by atoms with Crippen LogP contribution in [0, 0.1) is 11.8 Å². The fraction of sp³-hybridized carbons (Fsp3) is 0.500. The first-order valence-corrected chi connectivity index (χ1v) is 4.81. The molecule has 1 saturated carbocycles. The van der Waals surface area contributed by atoms with Gasteiger partial charge in [-0.2, -0.15) is 0 Å². The molecule has 1 fully saturated rings. The minimum Gasteiger partial charge on any atom is -0.0995 e. The Morgan fingerprint density at radius 1 is 1.50 bits per heavy atom. The Morgan fingerprint density at radius 2 is 2.33 bits per heavy atom. The maximum absolute atomic E-state index is 4.06. The fourth-order valence-corrected chi connectivity index (χ4v) is 2.44. The summed E-state index contributed by atoms with van der Waals surface area (Å²) in [6, 6.07) is 0. The highest BCUT2D eigenvalue weighted by atomic mass is 14.3. The normalized spacial score (nSPS) is 32.9. The van der Waals surface area contributed by atoms with Gasteiger partial charge in [-0.15, -0.1) is 0 Å². The van der Waals surface area contributed by atoms with Crippen molar-refractivity contribution in [1.82, 2.24) is 0 Å². The molecule has 0 heteroatoms. The van der Waals surface area contributed by atoms with Gasteiger partial charge in [0.2, 0.25) is 0 Å². The molecule has 0 spiro atoms. The molecule has 0 nitrogen and oxygen atoms in total. The number of hydrogen-bond donors (Lipinski definition) is 0. The predicted octanol–water partition coefficient (Wildman–Crippen LogP) is 3.48.